The second-order valence-corrected chi connectivity index (χ2v) is 1.03. The van der Waals surface area contributed by atoms with Gasteiger partial charge in [-0.15, -0.1) is 0 Å². The lowest BCUT2D eigenvalue weighted by atomic mass is 10.7. The molecule has 0 aliphatic heterocycles. The maximum absolute atomic E-state index is 3.72. The highest BCUT2D eigenvalue weighted by Crippen LogP contribution is 1.55. The summed E-state index contributed by atoms with van der Waals surface area (Å²) in [6.45, 7) is 6.30. The van der Waals surface area contributed by atoms with Crippen LogP contribution in [0.3, 0.4) is 0 Å². The normalized spacial score (nSPS) is 9.29. The van der Waals surface area contributed by atoms with E-state index in [0.717, 1.165) is 6.54 Å². The Hall–Kier alpha value is -0.790. The van der Waals surface area contributed by atoms with E-state index >= 15 is 0 Å². The summed E-state index contributed by atoms with van der Waals surface area (Å²) in [5, 5.41) is 3.72. The van der Waals surface area contributed by atoms with Crippen molar-refractivity contribution in [3.05, 3.63) is 12.7 Å². The zero-order chi connectivity index (χ0) is 5.54. The quantitative estimate of drug-likeness (QED) is 0.415. The molecule has 0 fully saturated rings. The second kappa shape index (κ2) is 5.21. The van der Waals surface area contributed by atoms with Crippen molar-refractivity contribution < 1.29 is 1.43 Å². The SMILES string of the molecule is C=C/C=N\NCC.[HH]. The van der Waals surface area contributed by atoms with Crippen LogP contribution in [-0.2, 0) is 0 Å². The fraction of sp³-hybridized carbons (Fsp3) is 0.400. The number of hydrogen-bond donors (Lipinski definition) is 1. The highest BCUT2D eigenvalue weighted by molar-refractivity contribution is 5.69. The number of hydrazone groups is 1. The van der Waals surface area contributed by atoms with E-state index in [2.05, 4.69) is 17.1 Å². The van der Waals surface area contributed by atoms with Gasteiger partial charge in [-0.25, -0.2) is 0 Å². The Bertz CT molecular complexity index is 70.8. The molecule has 0 aromatic rings. The van der Waals surface area contributed by atoms with Crippen LogP contribution in [0.15, 0.2) is 17.8 Å². The van der Waals surface area contributed by atoms with Gasteiger partial charge in [0.15, 0.2) is 0 Å². The molecule has 0 aliphatic rings. The van der Waals surface area contributed by atoms with E-state index in [-0.39, 0.29) is 1.43 Å². The van der Waals surface area contributed by atoms with Gasteiger partial charge < -0.3 is 5.43 Å². The molecular formula is C5H12N2. The Morgan fingerprint density at radius 2 is 2.71 bits per heavy atom. The van der Waals surface area contributed by atoms with Gasteiger partial charge in [-0.05, 0) is 13.0 Å². The Balaban J connectivity index is 0. The summed E-state index contributed by atoms with van der Waals surface area (Å²) in [7, 11) is 0. The molecule has 0 atom stereocenters. The van der Waals surface area contributed by atoms with Gasteiger partial charge in [0.1, 0.15) is 0 Å². The van der Waals surface area contributed by atoms with Crippen molar-refractivity contribution in [1.29, 1.82) is 0 Å². The summed E-state index contributed by atoms with van der Waals surface area (Å²) in [6, 6.07) is 0. The van der Waals surface area contributed by atoms with E-state index in [4.69, 9.17) is 0 Å². The number of nitrogens with zero attached hydrogens (tertiary/aromatic N) is 1. The van der Waals surface area contributed by atoms with Crippen LogP contribution in [0.1, 0.15) is 8.35 Å². The van der Waals surface area contributed by atoms with Gasteiger partial charge in [0.05, 0.1) is 0 Å². The van der Waals surface area contributed by atoms with Crippen molar-refractivity contribution in [2.45, 2.75) is 6.92 Å². The van der Waals surface area contributed by atoms with E-state index in [1.54, 1.807) is 12.3 Å². The van der Waals surface area contributed by atoms with Crippen LogP contribution >= 0.6 is 0 Å². The number of hydrogen-bond acceptors (Lipinski definition) is 2. The minimum absolute atomic E-state index is 0. The largest absolute Gasteiger partial charge is 0.310 e. The molecule has 0 saturated carbocycles. The topological polar surface area (TPSA) is 24.4 Å². The van der Waals surface area contributed by atoms with Gasteiger partial charge in [-0.3, -0.25) is 0 Å². The van der Waals surface area contributed by atoms with Crippen molar-refractivity contribution in [3.63, 3.8) is 0 Å². The summed E-state index contributed by atoms with van der Waals surface area (Å²) < 4.78 is 0. The maximum Gasteiger partial charge on any atom is 0.0462 e. The van der Waals surface area contributed by atoms with Crippen LogP contribution < -0.4 is 5.43 Å². The van der Waals surface area contributed by atoms with Gasteiger partial charge in [0.2, 0.25) is 0 Å². The fourth-order valence-corrected chi connectivity index (χ4v) is 0.197. The second-order valence-electron chi connectivity index (χ2n) is 1.03. The molecule has 0 spiro atoms. The molecule has 0 aromatic heterocycles. The predicted molar refractivity (Wildman–Crippen MR) is 34.5 cm³/mol. The summed E-state index contributed by atoms with van der Waals surface area (Å²) in [5.41, 5.74) is 2.75. The molecule has 2 heteroatoms. The van der Waals surface area contributed by atoms with E-state index in [9.17, 15) is 0 Å². The molecule has 0 heterocycles. The molecule has 7 heavy (non-hydrogen) atoms. The molecule has 0 aromatic carbocycles. The third-order valence-corrected chi connectivity index (χ3v) is 0.429. The molecule has 0 unspecified atom stereocenters. The van der Waals surface area contributed by atoms with Gasteiger partial charge in [-0.1, -0.05) is 6.58 Å². The van der Waals surface area contributed by atoms with Crippen LogP contribution in [0, 0.1) is 0 Å². The molecule has 0 aliphatic carbocycles. The molecule has 0 radical (unpaired) electrons. The summed E-state index contributed by atoms with van der Waals surface area (Å²) in [5.74, 6) is 0. The van der Waals surface area contributed by atoms with Crippen LogP contribution in [0.4, 0.5) is 0 Å². The lowest BCUT2D eigenvalue weighted by Crippen LogP contribution is -2.01. The molecule has 0 rings (SSSR count). The van der Waals surface area contributed by atoms with Crippen LogP contribution in [-0.4, -0.2) is 12.8 Å². The monoisotopic (exact) mass is 100 g/mol. The summed E-state index contributed by atoms with van der Waals surface area (Å²) in [6.07, 6.45) is 3.24. The minimum Gasteiger partial charge on any atom is -0.310 e. The number of rotatable bonds is 3. The standard InChI is InChI=1S/C5H10N2.H2/c1-3-5-7-6-4-2;/h3,5-6H,1,4H2,2H3;1H/b7-5-;. The predicted octanol–water partition coefficient (Wildman–Crippen LogP) is 1.01. The Morgan fingerprint density at radius 1 is 2.00 bits per heavy atom. The van der Waals surface area contributed by atoms with E-state index in [1.165, 1.54) is 0 Å². The van der Waals surface area contributed by atoms with Crippen molar-refractivity contribution in [1.82, 2.24) is 5.43 Å². The summed E-state index contributed by atoms with van der Waals surface area (Å²) in [4.78, 5) is 0. The molecule has 2 nitrogen and oxygen atoms in total. The van der Waals surface area contributed by atoms with E-state index in [0.29, 0.717) is 0 Å². The third kappa shape index (κ3) is 5.21. The minimum atomic E-state index is 0. The first-order valence-corrected chi connectivity index (χ1v) is 2.28. The van der Waals surface area contributed by atoms with Crippen LogP contribution in [0.2, 0.25) is 0 Å². The van der Waals surface area contributed by atoms with Crippen molar-refractivity contribution >= 4 is 6.21 Å². The van der Waals surface area contributed by atoms with Gasteiger partial charge in [-0.2, -0.15) is 5.10 Å². The smallest absolute Gasteiger partial charge is 0.0462 e. The van der Waals surface area contributed by atoms with Crippen LogP contribution in [0.5, 0.6) is 0 Å². The first kappa shape index (κ1) is 6.21. The van der Waals surface area contributed by atoms with Gasteiger partial charge in [0.25, 0.3) is 0 Å². The zero-order valence-electron chi connectivity index (χ0n) is 4.52. The Morgan fingerprint density at radius 3 is 3.14 bits per heavy atom. The fourth-order valence-electron chi connectivity index (χ4n) is 0.197. The molecule has 0 bridgehead atoms. The van der Waals surface area contributed by atoms with Crippen molar-refractivity contribution in [2.75, 3.05) is 6.54 Å². The molecule has 1 N–H and O–H groups in total. The van der Waals surface area contributed by atoms with Crippen molar-refractivity contribution in [3.8, 4) is 0 Å². The Labute approximate surface area is 45.4 Å². The third-order valence-electron chi connectivity index (χ3n) is 0.429. The Kier molecular flexibility index (Phi) is 4.62. The van der Waals surface area contributed by atoms with Crippen molar-refractivity contribution in [2.24, 2.45) is 5.10 Å². The first-order chi connectivity index (χ1) is 3.41. The highest BCUT2D eigenvalue weighted by Gasteiger charge is 1.60. The number of nitrogens with one attached hydrogen (secondary N) is 1. The van der Waals surface area contributed by atoms with Crippen LogP contribution in [0.25, 0.3) is 0 Å². The molecular weight excluding hydrogens is 88.1 g/mol. The average Bonchev–Trinajstić information content (AvgIpc) is 1.69. The summed E-state index contributed by atoms with van der Waals surface area (Å²) >= 11 is 0. The van der Waals surface area contributed by atoms with E-state index in [1.807, 2.05) is 6.92 Å². The molecule has 0 saturated heterocycles. The van der Waals surface area contributed by atoms with Gasteiger partial charge in [0, 0.05) is 14.2 Å². The molecule has 42 valence electrons. The average molecular weight is 100 g/mol. The lowest BCUT2D eigenvalue weighted by Gasteiger charge is -1.85. The zero-order valence-corrected chi connectivity index (χ0v) is 4.52. The van der Waals surface area contributed by atoms with Gasteiger partial charge >= 0.3 is 0 Å². The number of allylic oxidation sites excluding steroid dienone is 1. The first-order valence-electron chi connectivity index (χ1n) is 2.28. The lowest BCUT2D eigenvalue weighted by molar-refractivity contribution is 0.788. The maximum atomic E-state index is 3.72. The van der Waals surface area contributed by atoms with E-state index < -0.39 is 0 Å². The highest BCUT2D eigenvalue weighted by atomic mass is 15.3. The molecule has 0 amide bonds.